The molecule has 0 bridgehead atoms. The maximum Gasteiger partial charge on any atom is 0.139 e. The molecule has 0 unspecified atom stereocenters. The zero-order chi connectivity index (χ0) is 8.41. The highest BCUT2D eigenvalue weighted by atomic mass is 14.5. The van der Waals surface area contributed by atoms with Gasteiger partial charge in [0.25, 0.3) is 0 Å². The molecule has 0 aromatic carbocycles. The summed E-state index contributed by atoms with van der Waals surface area (Å²) in [6.07, 6.45) is 4.06. The van der Waals surface area contributed by atoms with E-state index in [0.717, 1.165) is 13.3 Å². The zero-order valence-corrected chi connectivity index (χ0v) is 7.98. The fourth-order valence-electron chi connectivity index (χ4n) is 0.866. The molecular weight excluding hydrogens is 121 g/mol. The highest BCUT2D eigenvalue weighted by Crippen LogP contribution is 2.01. The van der Waals surface area contributed by atoms with Crippen molar-refractivity contribution in [1.82, 2.24) is 0 Å². The van der Waals surface area contributed by atoms with Crippen LogP contribution >= 0.6 is 0 Å². The minimum atomic E-state index is 0.750. The van der Waals surface area contributed by atoms with E-state index >= 15 is 0 Å². The molecule has 1 nitrogen and oxygen atoms in total. The van der Waals surface area contributed by atoms with Crippen molar-refractivity contribution in [1.29, 1.82) is 0 Å². The molecule has 0 spiro atoms. The van der Waals surface area contributed by atoms with Crippen LogP contribution in [0.3, 0.4) is 0 Å². The number of hydrogen-bond donors (Lipinski definition) is 1. The normalized spacial score (nSPS) is 8.10. The van der Waals surface area contributed by atoms with E-state index < -0.39 is 0 Å². The minimum absolute atomic E-state index is 0.750. The molecule has 0 atom stereocenters. The summed E-state index contributed by atoms with van der Waals surface area (Å²) in [7, 11) is 0. The van der Waals surface area contributed by atoms with Crippen molar-refractivity contribution < 1.29 is 0 Å². The zero-order valence-electron chi connectivity index (χ0n) is 7.98. The Bertz CT molecular complexity index is 39.0. The van der Waals surface area contributed by atoms with E-state index in [4.69, 9.17) is 5.73 Å². The molecule has 10 heavy (non-hydrogen) atoms. The summed E-state index contributed by atoms with van der Waals surface area (Å²) in [5.41, 5.74) is 4.85. The first kappa shape index (κ1) is 12.7. The molecular formula is C8H22BN. The van der Waals surface area contributed by atoms with Gasteiger partial charge in [0, 0.05) is 0 Å². The van der Waals surface area contributed by atoms with E-state index in [1.165, 1.54) is 19.0 Å². The van der Waals surface area contributed by atoms with Crippen molar-refractivity contribution in [2.75, 3.05) is 6.54 Å². The summed E-state index contributed by atoms with van der Waals surface area (Å²) < 4.78 is 0. The van der Waals surface area contributed by atoms with E-state index in [1.54, 1.807) is 0 Å². The van der Waals surface area contributed by atoms with Gasteiger partial charge in [0.05, 0.1) is 0 Å². The van der Waals surface area contributed by atoms with Crippen molar-refractivity contribution in [3.05, 3.63) is 0 Å². The molecule has 0 aliphatic heterocycles. The lowest BCUT2D eigenvalue weighted by atomic mass is 9.44. The first-order chi connectivity index (χ1) is 4.76. The molecule has 0 aromatic rings. The van der Waals surface area contributed by atoms with Gasteiger partial charge in [0.1, 0.15) is 6.71 Å². The molecule has 0 amide bonds. The second-order valence-electron chi connectivity index (χ2n) is 2.50. The molecule has 0 rings (SSSR count). The van der Waals surface area contributed by atoms with Crippen LogP contribution in [0.15, 0.2) is 0 Å². The molecule has 2 N–H and O–H groups in total. The average Bonchev–Trinajstić information content (AvgIpc) is 1.93. The summed E-state index contributed by atoms with van der Waals surface area (Å²) in [5.74, 6) is 0. The third-order valence-electron chi connectivity index (χ3n) is 1.73. The summed E-state index contributed by atoms with van der Waals surface area (Å²) >= 11 is 0. The maximum atomic E-state index is 4.85. The SMILES string of the molecule is CCB(CC)CC.CCN. The average molecular weight is 143 g/mol. The van der Waals surface area contributed by atoms with Crippen LogP contribution < -0.4 is 5.73 Å². The molecule has 62 valence electrons. The van der Waals surface area contributed by atoms with Gasteiger partial charge in [0.2, 0.25) is 0 Å². The van der Waals surface area contributed by atoms with Crippen molar-refractivity contribution >= 4 is 6.71 Å². The van der Waals surface area contributed by atoms with Crippen LogP contribution in [-0.2, 0) is 0 Å². The van der Waals surface area contributed by atoms with Crippen LogP contribution in [0.5, 0.6) is 0 Å². The Balaban J connectivity index is 0. The van der Waals surface area contributed by atoms with Crippen LogP contribution in [0.4, 0.5) is 0 Å². The van der Waals surface area contributed by atoms with Crippen LogP contribution in [0, 0.1) is 0 Å². The number of rotatable bonds is 3. The largest absolute Gasteiger partial charge is 0.331 e. The third kappa shape index (κ3) is 10.9. The predicted octanol–water partition coefficient (Wildman–Crippen LogP) is 2.51. The monoisotopic (exact) mass is 143 g/mol. The third-order valence-corrected chi connectivity index (χ3v) is 1.73. The Kier molecular flexibility index (Phi) is 14.9. The number of nitrogens with two attached hydrogens (primary N) is 1. The topological polar surface area (TPSA) is 26.0 Å². The molecule has 0 saturated heterocycles. The van der Waals surface area contributed by atoms with Gasteiger partial charge < -0.3 is 5.73 Å². The van der Waals surface area contributed by atoms with E-state index in [0.29, 0.717) is 0 Å². The first-order valence-corrected chi connectivity index (χ1v) is 4.46. The van der Waals surface area contributed by atoms with Crippen LogP contribution in [0.25, 0.3) is 0 Å². The van der Waals surface area contributed by atoms with Crippen LogP contribution in [0.2, 0.25) is 19.0 Å². The molecule has 0 radical (unpaired) electrons. The predicted molar refractivity (Wildman–Crippen MR) is 51.9 cm³/mol. The summed E-state index contributed by atoms with van der Waals surface area (Å²) in [6, 6.07) is 0. The molecule has 0 heterocycles. The molecule has 2 heteroatoms. The highest BCUT2D eigenvalue weighted by molar-refractivity contribution is 6.58. The lowest BCUT2D eigenvalue weighted by Gasteiger charge is -2.00. The molecule has 0 fully saturated rings. The van der Waals surface area contributed by atoms with Crippen molar-refractivity contribution in [2.24, 2.45) is 5.73 Å². The van der Waals surface area contributed by atoms with Gasteiger partial charge in [-0.1, -0.05) is 46.7 Å². The smallest absolute Gasteiger partial charge is 0.139 e. The Morgan fingerprint density at radius 3 is 1.10 bits per heavy atom. The minimum Gasteiger partial charge on any atom is -0.331 e. The van der Waals surface area contributed by atoms with Gasteiger partial charge in [-0.15, -0.1) is 0 Å². The second-order valence-corrected chi connectivity index (χ2v) is 2.50. The van der Waals surface area contributed by atoms with Gasteiger partial charge in [-0.25, -0.2) is 0 Å². The van der Waals surface area contributed by atoms with Gasteiger partial charge in [-0.05, 0) is 6.54 Å². The quantitative estimate of drug-likeness (QED) is 0.603. The van der Waals surface area contributed by atoms with E-state index in [9.17, 15) is 0 Å². The van der Waals surface area contributed by atoms with E-state index in [-0.39, 0.29) is 0 Å². The van der Waals surface area contributed by atoms with E-state index in [1.807, 2.05) is 6.92 Å². The Hall–Kier alpha value is 0.0249. The van der Waals surface area contributed by atoms with Crippen molar-refractivity contribution in [2.45, 2.75) is 46.7 Å². The Morgan fingerprint density at radius 2 is 1.10 bits per heavy atom. The maximum absolute atomic E-state index is 4.85. The summed E-state index contributed by atoms with van der Waals surface area (Å²) in [5, 5.41) is 0. The summed E-state index contributed by atoms with van der Waals surface area (Å²) in [4.78, 5) is 0. The van der Waals surface area contributed by atoms with E-state index in [2.05, 4.69) is 20.8 Å². The molecule has 0 saturated carbocycles. The standard InChI is InChI=1S/C6H15B.C2H7N/c1-4-7(5-2)6-3;1-2-3/h4-6H2,1-3H3;2-3H2,1H3. The Labute approximate surface area is 66.5 Å². The lowest BCUT2D eigenvalue weighted by molar-refractivity contribution is 1.14. The van der Waals surface area contributed by atoms with Crippen LogP contribution in [-0.4, -0.2) is 13.3 Å². The first-order valence-electron chi connectivity index (χ1n) is 4.46. The van der Waals surface area contributed by atoms with Gasteiger partial charge >= 0.3 is 0 Å². The van der Waals surface area contributed by atoms with Gasteiger partial charge in [0.15, 0.2) is 0 Å². The van der Waals surface area contributed by atoms with Gasteiger partial charge in [-0.2, -0.15) is 0 Å². The molecule has 0 aromatic heterocycles. The van der Waals surface area contributed by atoms with Crippen molar-refractivity contribution in [3.8, 4) is 0 Å². The molecule has 0 aliphatic carbocycles. The van der Waals surface area contributed by atoms with Crippen LogP contribution in [0.1, 0.15) is 27.7 Å². The fraction of sp³-hybridized carbons (Fsp3) is 1.00. The number of hydrogen-bond acceptors (Lipinski definition) is 1. The second kappa shape index (κ2) is 11.8. The molecule has 0 aliphatic rings. The highest BCUT2D eigenvalue weighted by Gasteiger charge is 2.01. The Morgan fingerprint density at radius 1 is 0.900 bits per heavy atom. The lowest BCUT2D eigenvalue weighted by Crippen LogP contribution is -2.04. The van der Waals surface area contributed by atoms with Gasteiger partial charge in [-0.3, -0.25) is 0 Å². The van der Waals surface area contributed by atoms with Crippen molar-refractivity contribution in [3.63, 3.8) is 0 Å². The summed E-state index contributed by atoms with van der Waals surface area (Å²) in [6.45, 7) is 10.4. The fourth-order valence-corrected chi connectivity index (χ4v) is 0.866.